The molecular formula is C14H22N4O. The molecule has 19 heavy (non-hydrogen) atoms. The average Bonchev–Trinajstić information content (AvgIpc) is 2.79. The Balaban J connectivity index is 1.97. The first kappa shape index (κ1) is 13.8. The van der Waals surface area contributed by atoms with Gasteiger partial charge in [0.1, 0.15) is 0 Å². The van der Waals surface area contributed by atoms with Crippen LogP contribution in [0.2, 0.25) is 0 Å². The van der Waals surface area contributed by atoms with Gasteiger partial charge in [-0.05, 0) is 39.1 Å². The van der Waals surface area contributed by atoms with Crippen molar-refractivity contribution in [2.24, 2.45) is 0 Å². The lowest BCUT2D eigenvalue weighted by Crippen LogP contribution is -2.42. The van der Waals surface area contributed by atoms with Crippen molar-refractivity contribution < 1.29 is 4.79 Å². The molecule has 1 saturated heterocycles. The van der Waals surface area contributed by atoms with Crippen molar-refractivity contribution in [1.82, 2.24) is 14.8 Å². The zero-order chi connectivity index (χ0) is 13.8. The number of hydrogen-bond acceptors (Lipinski definition) is 4. The molecule has 0 aliphatic carbocycles. The van der Waals surface area contributed by atoms with E-state index in [2.05, 4.69) is 9.88 Å². The second-order valence-electron chi connectivity index (χ2n) is 5.41. The first-order chi connectivity index (χ1) is 9.06. The topological polar surface area (TPSA) is 62.5 Å². The fourth-order valence-electron chi connectivity index (χ4n) is 2.57. The zero-order valence-corrected chi connectivity index (χ0v) is 11.7. The minimum atomic E-state index is 0.168. The Hall–Kier alpha value is -1.62. The molecule has 1 fully saturated rings. The van der Waals surface area contributed by atoms with Gasteiger partial charge in [-0.2, -0.15) is 0 Å². The van der Waals surface area contributed by atoms with E-state index in [1.165, 1.54) is 0 Å². The van der Waals surface area contributed by atoms with Crippen LogP contribution in [0.5, 0.6) is 0 Å². The smallest absolute Gasteiger partial charge is 0.228 e. The normalized spacial score (nSPS) is 19.1. The summed E-state index contributed by atoms with van der Waals surface area (Å²) in [5.74, 6) is 0.168. The molecule has 1 amide bonds. The minimum Gasteiger partial charge on any atom is -0.397 e. The van der Waals surface area contributed by atoms with Gasteiger partial charge in [0.25, 0.3) is 0 Å². The largest absolute Gasteiger partial charge is 0.397 e. The van der Waals surface area contributed by atoms with Crippen LogP contribution in [0, 0.1) is 0 Å². The Kier molecular flexibility index (Phi) is 4.37. The lowest BCUT2D eigenvalue weighted by atomic mass is 10.2. The second kappa shape index (κ2) is 6.02. The molecule has 1 aromatic heterocycles. The maximum Gasteiger partial charge on any atom is 0.228 e. The summed E-state index contributed by atoms with van der Waals surface area (Å²) in [5, 5.41) is 0. The molecule has 0 saturated carbocycles. The predicted molar refractivity (Wildman–Crippen MR) is 75.6 cm³/mol. The number of nitrogens with two attached hydrogens (primary N) is 1. The molecule has 1 aliphatic rings. The average molecular weight is 262 g/mol. The van der Waals surface area contributed by atoms with Gasteiger partial charge in [-0.25, -0.2) is 0 Å². The van der Waals surface area contributed by atoms with E-state index in [0.29, 0.717) is 18.2 Å². The molecule has 0 aromatic carbocycles. The van der Waals surface area contributed by atoms with Crippen LogP contribution in [0.1, 0.15) is 18.5 Å². The van der Waals surface area contributed by atoms with E-state index in [9.17, 15) is 4.79 Å². The van der Waals surface area contributed by atoms with Crippen LogP contribution in [0.25, 0.3) is 0 Å². The molecule has 0 spiro atoms. The number of aromatic nitrogens is 1. The second-order valence-corrected chi connectivity index (χ2v) is 5.41. The number of rotatable bonds is 4. The minimum absolute atomic E-state index is 0.168. The highest BCUT2D eigenvalue weighted by atomic mass is 16.2. The number of likely N-dealkylation sites (tertiary alicyclic amines) is 1. The number of anilines is 1. The molecule has 5 heteroatoms. The summed E-state index contributed by atoms with van der Waals surface area (Å²) in [7, 11) is 4.09. The van der Waals surface area contributed by atoms with Gasteiger partial charge in [-0.15, -0.1) is 0 Å². The monoisotopic (exact) mass is 262 g/mol. The number of pyridine rings is 1. The van der Waals surface area contributed by atoms with E-state index in [1.54, 1.807) is 12.3 Å². The number of likely N-dealkylation sites (N-methyl/N-ethyl adjacent to an activating group) is 1. The van der Waals surface area contributed by atoms with Gasteiger partial charge in [0.05, 0.1) is 18.3 Å². The lowest BCUT2D eigenvalue weighted by Gasteiger charge is -2.27. The first-order valence-corrected chi connectivity index (χ1v) is 6.71. The molecule has 1 unspecified atom stereocenters. The highest BCUT2D eigenvalue weighted by Gasteiger charge is 2.28. The molecule has 2 rings (SSSR count). The summed E-state index contributed by atoms with van der Waals surface area (Å²) >= 11 is 0. The lowest BCUT2D eigenvalue weighted by molar-refractivity contribution is -0.131. The molecule has 5 nitrogen and oxygen atoms in total. The third-order valence-corrected chi connectivity index (χ3v) is 3.45. The Morgan fingerprint density at radius 3 is 2.95 bits per heavy atom. The number of carbonyl (C=O) groups is 1. The van der Waals surface area contributed by atoms with Crippen LogP contribution in [0.3, 0.4) is 0 Å². The first-order valence-electron chi connectivity index (χ1n) is 6.71. The number of nitrogen functional groups attached to an aromatic ring is 1. The number of carbonyl (C=O) groups excluding carboxylic acids is 1. The molecule has 1 atom stereocenters. The van der Waals surface area contributed by atoms with Crippen molar-refractivity contribution in [2.75, 3.05) is 32.9 Å². The van der Waals surface area contributed by atoms with Crippen LogP contribution >= 0.6 is 0 Å². The van der Waals surface area contributed by atoms with Gasteiger partial charge >= 0.3 is 0 Å². The van der Waals surface area contributed by atoms with Crippen LogP contribution in [-0.4, -0.2) is 53.9 Å². The Labute approximate surface area is 114 Å². The molecule has 0 radical (unpaired) electrons. The Morgan fingerprint density at radius 1 is 1.53 bits per heavy atom. The van der Waals surface area contributed by atoms with E-state index in [0.717, 1.165) is 31.6 Å². The number of hydrogen-bond donors (Lipinski definition) is 1. The van der Waals surface area contributed by atoms with E-state index in [4.69, 9.17) is 5.73 Å². The SMILES string of the molecule is CN(C)CC1CCCN1C(=O)Cc1ccc(N)cn1. The number of amides is 1. The van der Waals surface area contributed by atoms with Gasteiger partial charge in [0, 0.05) is 24.8 Å². The molecular weight excluding hydrogens is 240 g/mol. The van der Waals surface area contributed by atoms with Gasteiger partial charge in [0.15, 0.2) is 0 Å². The molecule has 104 valence electrons. The highest BCUT2D eigenvalue weighted by Crippen LogP contribution is 2.19. The standard InChI is InChI=1S/C14H22N4O/c1-17(2)10-13-4-3-7-18(13)14(19)8-12-6-5-11(15)9-16-12/h5-6,9,13H,3-4,7-8,10,15H2,1-2H3. The van der Waals surface area contributed by atoms with Gasteiger partial charge in [-0.1, -0.05) is 0 Å². The van der Waals surface area contributed by atoms with Gasteiger partial charge in [-0.3, -0.25) is 9.78 Å². The third-order valence-electron chi connectivity index (χ3n) is 3.45. The summed E-state index contributed by atoms with van der Waals surface area (Å²) in [6.45, 7) is 1.80. The van der Waals surface area contributed by atoms with Crippen LogP contribution in [0.4, 0.5) is 5.69 Å². The number of nitrogens with zero attached hydrogens (tertiary/aromatic N) is 3. The van der Waals surface area contributed by atoms with E-state index < -0.39 is 0 Å². The Bertz CT molecular complexity index is 430. The van der Waals surface area contributed by atoms with Crippen molar-refractivity contribution in [2.45, 2.75) is 25.3 Å². The van der Waals surface area contributed by atoms with Gasteiger partial charge in [0.2, 0.25) is 5.91 Å². The van der Waals surface area contributed by atoms with E-state index in [-0.39, 0.29) is 5.91 Å². The van der Waals surface area contributed by atoms with Gasteiger partial charge < -0.3 is 15.5 Å². The maximum absolute atomic E-state index is 12.3. The van der Waals surface area contributed by atoms with Crippen molar-refractivity contribution in [3.8, 4) is 0 Å². The molecule has 0 bridgehead atoms. The van der Waals surface area contributed by atoms with Crippen LogP contribution in [-0.2, 0) is 11.2 Å². The van der Waals surface area contributed by atoms with E-state index in [1.807, 2.05) is 25.1 Å². The molecule has 2 heterocycles. The fourth-order valence-corrected chi connectivity index (χ4v) is 2.57. The summed E-state index contributed by atoms with van der Waals surface area (Å²) in [5.41, 5.74) is 7.01. The summed E-state index contributed by atoms with van der Waals surface area (Å²) in [6.07, 6.45) is 4.16. The molecule has 2 N–H and O–H groups in total. The Morgan fingerprint density at radius 2 is 2.32 bits per heavy atom. The van der Waals surface area contributed by atoms with Crippen molar-refractivity contribution >= 4 is 11.6 Å². The summed E-state index contributed by atoms with van der Waals surface area (Å²) in [4.78, 5) is 20.7. The summed E-state index contributed by atoms with van der Waals surface area (Å²) in [6, 6.07) is 3.96. The predicted octanol–water partition coefficient (Wildman–Crippen LogP) is 0.759. The maximum atomic E-state index is 12.3. The quantitative estimate of drug-likeness (QED) is 0.870. The summed E-state index contributed by atoms with van der Waals surface area (Å²) < 4.78 is 0. The van der Waals surface area contributed by atoms with Crippen LogP contribution < -0.4 is 5.73 Å². The highest BCUT2D eigenvalue weighted by molar-refractivity contribution is 5.79. The van der Waals surface area contributed by atoms with Crippen molar-refractivity contribution in [1.29, 1.82) is 0 Å². The third kappa shape index (κ3) is 3.67. The van der Waals surface area contributed by atoms with Crippen LogP contribution in [0.15, 0.2) is 18.3 Å². The van der Waals surface area contributed by atoms with Crippen molar-refractivity contribution in [3.63, 3.8) is 0 Å². The molecule has 1 aliphatic heterocycles. The zero-order valence-electron chi connectivity index (χ0n) is 11.7. The van der Waals surface area contributed by atoms with Crippen molar-refractivity contribution in [3.05, 3.63) is 24.0 Å². The fraction of sp³-hybridized carbons (Fsp3) is 0.571. The molecule has 1 aromatic rings. The van der Waals surface area contributed by atoms with E-state index >= 15 is 0 Å².